The molecule has 4 heterocycles. The number of hydrogen-bond donors (Lipinski definition) is 0. The van der Waals surface area contributed by atoms with Gasteiger partial charge in [0.1, 0.15) is 0 Å². The Hall–Kier alpha value is -2.53. The predicted octanol–water partition coefficient (Wildman–Crippen LogP) is 3.89. The van der Waals surface area contributed by atoms with Crippen LogP contribution in [0.15, 0.2) is 35.5 Å². The summed E-state index contributed by atoms with van der Waals surface area (Å²) in [5.41, 5.74) is 8.21. The molecule has 1 aliphatic carbocycles. The number of carbonyl (C=O) groups is 1. The number of aromatic nitrogens is 1. The summed E-state index contributed by atoms with van der Waals surface area (Å²) in [7, 11) is 0. The van der Waals surface area contributed by atoms with E-state index in [2.05, 4.69) is 39.0 Å². The molecule has 2 aromatic rings. The third kappa shape index (κ3) is 3.88. The molecule has 4 aliphatic rings. The predicted molar refractivity (Wildman–Crippen MR) is 126 cm³/mol. The van der Waals surface area contributed by atoms with Crippen LogP contribution in [0.25, 0.3) is 0 Å². The van der Waals surface area contributed by atoms with Gasteiger partial charge >= 0.3 is 0 Å². The van der Waals surface area contributed by atoms with Gasteiger partial charge in [-0.3, -0.25) is 14.8 Å². The fourth-order valence-electron chi connectivity index (χ4n) is 5.72. The monoisotopic (exact) mass is 428 g/mol. The van der Waals surface area contributed by atoms with Crippen LogP contribution < -0.4 is 0 Å². The second-order valence-corrected chi connectivity index (χ2v) is 10.2. The van der Waals surface area contributed by atoms with Crippen molar-refractivity contribution in [1.82, 2.24) is 14.8 Å². The van der Waals surface area contributed by atoms with E-state index < -0.39 is 0 Å². The van der Waals surface area contributed by atoms with Gasteiger partial charge in [0.2, 0.25) is 5.91 Å². The molecule has 1 atom stereocenters. The zero-order chi connectivity index (χ0) is 21.7. The van der Waals surface area contributed by atoms with Crippen molar-refractivity contribution in [3.05, 3.63) is 64.0 Å². The number of aliphatic imine (C=N–C) groups is 1. The number of amides is 1. The van der Waals surface area contributed by atoms with Gasteiger partial charge in [-0.2, -0.15) is 0 Å². The molecular weight excluding hydrogens is 396 g/mol. The second-order valence-electron chi connectivity index (χ2n) is 10.2. The Balaban J connectivity index is 1.22. The lowest BCUT2D eigenvalue weighted by molar-refractivity contribution is -0.135. The number of piperidine rings is 1. The highest BCUT2D eigenvalue weighted by atomic mass is 16.2. The van der Waals surface area contributed by atoms with Crippen LogP contribution in [0.1, 0.15) is 65.6 Å². The molecule has 0 spiro atoms. The van der Waals surface area contributed by atoms with Crippen LogP contribution in [0, 0.1) is 12.8 Å². The highest BCUT2D eigenvalue weighted by molar-refractivity contribution is 6.15. The molecule has 0 N–H and O–H groups in total. The lowest BCUT2D eigenvalue weighted by Gasteiger charge is -2.41. The van der Waals surface area contributed by atoms with Gasteiger partial charge in [-0.05, 0) is 80.1 Å². The molecule has 32 heavy (non-hydrogen) atoms. The van der Waals surface area contributed by atoms with E-state index in [-0.39, 0.29) is 0 Å². The van der Waals surface area contributed by atoms with Gasteiger partial charge in [-0.15, -0.1) is 0 Å². The van der Waals surface area contributed by atoms with Crippen LogP contribution in [0.5, 0.6) is 0 Å². The molecule has 0 unspecified atom stereocenters. The minimum atomic E-state index is 0.301. The van der Waals surface area contributed by atoms with E-state index in [0.29, 0.717) is 24.9 Å². The van der Waals surface area contributed by atoms with Crippen molar-refractivity contribution >= 4 is 11.6 Å². The van der Waals surface area contributed by atoms with Crippen molar-refractivity contribution in [2.24, 2.45) is 10.9 Å². The fraction of sp³-hybridized carbons (Fsp3) is 0.519. The van der Waals surface area contributed by atoms with Gasteiger partial charge in [-0.1, -0.05) is 18.9 Å². The smallest absolute Gasteiger partial charge is 0.227 e. The van der Waals surface area contributed by atoms with E-state index in [0.717, 1.165) is 42.4 Å². The Morgan fingerprint density at radius 2 is 2.00 bits per heavy atom. The number of aryl methyl sites for hydroxylation is 1. The van der Waals surface area contributed by atoms with E-state index in [1.807, 2.05) is 13.1 Å². The van der Waals surface area contributed by atoms with Crippen molar-refractivity contribution in [3.8, 4) is 0 Å². The first kappa shape index (κ1) is 20.1. The zero-order valence-corrected chi connectivity index (χ0v) is 19.0. The molecule has 0 radical (unpaired) electrons. The molecule has 1 saturated heterocycles. The molecule has 1 aromatic heterocycles. The molecule has 0 bridgehead atoms. The van der Waals surface area contributed by atoms with E-state index in [9.17, 15) is 4.79 Å². The number of rotatable bonds is 5. The Kier molecular flexibility index (Phi) is 5.09. The van der Waals surface area contributed by atoms with Crippen LogP contribution in [0.4, 0.5) is 0 Å². The number of fused-ring (bicyclic) bond motifs is 2. The van der Waals surface area contributed by atoms with Gasteiger partial charge in [0, 0.05) is 42.1 Å². The number of pyridine rings is 1. The Labute approximate surface area is 190 Å². The lowest BCUT2D eigenvalue weighted by Crippen LogP contribution is -2.51. The van der Waals surface area contributed by atoms with Gasteiger partial charge in [0.15, 0.2) is 0 Å². The number of likely N-dealkylation sites (tertiary alicyclic amines) is 1. The third-order valence-electron chi connectivity index (χ3n) is 7.73. The third-order valence-corrected chi connectivity index (χ3v) is 7.73. The zero-order valence-electron chi connectivity index (χ0n) is 19.0. The molecule has 1 amide bonds. The summed E-state index contributed by atoms with van der Waals surface area (Å²) in [5, 5.41) is 0. The molecule has 1 saturated carbocycles. The number of carbonyl (C=O) groups excluding carboxylic acids is 1. The van der Waals surface area contributed by atoms with Crippen molar-refractivity contribution in [2.45, 2.75) is 64.6 Å². The van der Waals surface area contributed by atoms with Crippen LogP contribution >= 0.6 is 0 Å². The fourth-order valence-corrected chi connectivity index (χ4v) is 5.72. The molecule has 5 nitrogen and oxygen atoms in total. The van der Waals surface area contributed by atoms with E-state index in [1.54, 1.807) is 0 Å². The summed E-state index contributed by atoms with van der Waals surface area (Å²) < 4.78 is 0. The van der Waals surface area contributed by atoms with Crippen LogP contribution in [0.2, 0.25) is 0 Å². The van der Waals surface area contributed by atoms with Crippen molar-refractivity contribution in [1.29, 1.82) is 0 Å². The van der Waals surface area contributed by atoms with E-state index in [1.165, 1.54) is 61.0 Å². The molecule has 166 valence electrons. The summed E-state index contributed by atoms with van der Waals surface area (Å²) in [6.07, 6.45) is 8.92. The first-order valence-electron chi connectivity index (χ1n) is 12.3. The first-order chi connectivity index (χ1) is 15.6. The van der Waals surface area contributed by atoms with E-state index >= 15 is 0 Å². The second kappa shape index (κ2) is 8.11. The van der Waals surface area contributed by atoms with Crippen molar-refractivity contribution < 1.29 is 4.79 Å². The molecule has 3 aliphatic heterocycles. The summed E-state index contributed by atoms with van der Waals surface area (Å²) in [6.45, 7) is 6.91. The van der Waals surface area contributed by atoms with Gasteiger partial charge in [-0.25, -0.2) is 0 Å². The topological polar surface area (TPSA) is 48.8 Å². The normalized spacial score (nSPS) is 23.2. The summed E-state index contributed by atoms with van der Waals surface area (Å²) in [6, 6.07) is 9.08. The summed E-state index contributed by atoms with van der Waals surface area (Å²) in [4.78, 5) is 27.1. The van der Waals surface area contributed by atoms with E-state index in [4.69, 9.17) is 4.99 Å². The van der Waals surface area contributed by atoms with Crippen molar-refractivity contribution in [2.75, 3.05) is 19.6 Å². The number of benzene rings is 1. The largest absolute Gasteiger partial charge is 0.334 e. The standard InChI is InChI=1S/C27H32N4O/c1-18-11-20(6-8-28-18)27-25-13-23-16-31(26(32)14-21(23)12-22(25)15-29-27)24-3-2-9-30(17-24)10-7-19-4-5-19/h6,8,11-13,19,24H,2-5,7,9-10,14-17H2,1H3/t24-/m1/s1. The quantitative estimate of drug-likeness (QED) is 0.726. The molecule has 6 rings (SSSR count). The summed E-state index contributed by atoms with van der Waals surface area (Å²) in [5.74, 6) is 1.27. The van der Waals surface area contributed by atoms with Crippen LogP contribution in [-0.4, -0.2) is 52.1 Å². The highest BCUT2D eigenvalue weighted by Gasteiger charge is 2.34. The SMILES string of the molecule is Cc1cc(C2=NCc3cc4c(cc32)CN([C@@H]2CCCN(CCC3CC3)C2)C(=O)C4)ccn1. The Bertz CT molecular complexity index is 1090. The maximum atomic E-state index is 13.1. The lowest BCUT2D eigenvalue weighted by atomic mass is 9.90. The average Bonchev–Trinajstić information content (AvgIpc) is 3.54. The maximum absolute atomic E-state index is 13.1. The highest BCUT2D eigenvalue weighted by Crippen LogP contribution is 2.34. The summed E-state index contributed by atoms with van der Waals surface area (Å²) >= 11 is 0. The van der Waals surface area contributed by atoms with Crippen LogP contribution in [-0.2, 0) is 24.3 Å². The van der Waals surface area contributed by atoms with Crippen molar-refractivity contribution in [3.63, 3.8) is 0 Å². The Morgan fingerprint density at radius 3 is 2.84 bits per heavy atom. The van der Waals surface area contributed by atoms with Gasteiger partial charge < -0.3 is 9.80 Å². The number of hydrogen-bond acceptors (Lipinski definition) is 4. The average molecular weight is 429 g/mol. The maximum Gasteiger partial charge on any atom is 0.227 e. The Morgan fingerprint density at radius 1 is 1.09 bits per heavy atom. The first-order valence-corrected chi connectivity index (χ1v) is 12.3. The molecular formula is C27H32N4O. The minimum absolute atomic E-state index is 0.301. The van der Waals surface area contributed by atoms with Crippen LogP contribution in [0.3, 0.4) is 0 Å². The van der Waals surface area contributed by atoms with Gasteiger partial charge in [0.05, 0.1) is 18.7 Å². The molecule has 5 heteroatoms. The number of nitrogens with zero attached hydrogens (tertiary/aromatic N) is 4. The minimum Gasteiger partial charge on any atom is -0.334 e. The molecule has 2 fully saturated rings. The van der Waals surface area contributed by atoms with Gasteiger partial charge in [0.25, 0.3) is 0 Å². The molecule has 1 aromatic carbocycles.